The highest BCUT2D eigenvalue weighted by Gasteiger charge is 2.17. The van der Waals surface area contributed by atoms with Crippen LogP contribution in [0.2, 0.25) is 5.02 Å². The van der Waals surface area contributed by atoms with Gasteiger partial charge in [-0.05, 0) is 49.8 Å². The monoisotopic (exact) mass is 457 g/mol. The van der Waals surface area contributed by atoms with E-state index in [-0.39, 0.29) is 31.0 Å². The summed E-state index contributed by atoms with van der Waals surface area (Å²) in [6, 6.07) is 12.0. The zero-order valence-corrected chi connectivity index (χ0v) is 19.8. The van der Waals surface area contributed by atoms with Crippen molar-refractivity contribution in [2.45, 2.75) is 39.8 Å². The predicted molar refractivity (Wildman–Crippen MR) is 131 cm³/mol. The number of ether oxygens (including phenoxy) is 1. The van der Waals surface area contributed by atoms with Crippen molar-refractivity contribution in [3.05, 3.63) is 41.4 Å². The summed E-state index contributed by atoms with van der Waals surface area (Å²) in [6.45, 7) is 8.63. The van der Waals surface area contributed by atoms with E-state index in [1.54, 1.807) is 7.11 Å². The smallest absolute Gasteiger partial charge is 0.121 e. The van der Waals surface area contributed by atoms with Crippen molar-refractivity contribution >= 4 is 63.9 Å². The number of methoxy groups -OCH3 is 1. The molecule has 4 nitrogen and oxygen atoms in total. The molecule has 0 fully saturated rings. The van der Waals surface area contributed by atoms with Crippen molar-refractivity contribution in [3.8, 4) is 5.75 Å². The van der Waals surface area contributed by atoms with Gasteiger partial charge in [0.1, 0.15) is 5.75 Å². The number of hydrogen-bond acceptors (Lipinski definition) is 4. The molecule has 2 aromatic carbocycles. The van der Waals surface area contributed by atoms with Crippen molar-refractivity contribution in [2.24, 2.45) is 0 Å². The molecule has 0 aliphatic heterocycles. The number of aromatic nitrogens is 1. The second-order valence-electron chi connectivity index (χ2n) is 6.74. The van der Waals surface area contributed by atoms with E-state index in [9.17, 15) is 0 Å². The van der Waals surface area contributed by atoms with Gasteiger partial charge in [-0.15, -0.1) is 24.8 Å². The van der Waals surface area contributed by atoms with Gasteiger partial charge in [0.05, 0.1) is 30.0 Å². The highest BCUT2D eigenvalue weighted by Crippen LogP contribution is 2.32. The first kappa shape index (κ1) is 25.6. The molecule has 0 bridgehead atoms. The van der Waals surface area contributed by atoms with Crippen LogP contribution in [0.25, 0.3) is 21.8 Å². The number of fused-ring (bicyclic) bond motifs is 2. The Morgan fingerprint density at radius 3 is 2.38 bits per heavy atom. The van der Waals surface area contributed by atoms with Gasteiger partial charge in [-0.3, -0.25) is 4.90 Å². The highest BCUT2D eigenvalue weighted by atomic mass is 35.5. The Balaban J connectivity index is 0.00000210. The van der Waals surface area contributed by atoms with Gasteiger partial charge in [-0.1, -0.05) is 38.8 Å². The minimum absolute atomic E-state index is 0. The minimum atomic E-state index is 0. The fourth-order valence-electron chi connectivity index (χ4n) is 3.59. The number of nitrogens with one attached hydrogen (secondary N) is 1. The predicted octanol–water partition coefficient (Wildman–Crippen LogP) is 6.77. The van der Waals surface area contributed by atoms with E-state index < -0.39 is 0 Å². The first-order chi connectivity index (χ1) is 13.1. The Kier molecular flexibility index (Phi) is 10.3. The molecule has 1 unspecified atom stereocenters. The average Bonchev–Trinajstić information content (AvgIpc) is 2.67. The summed E-state index contributed by atoms with van der Waals surface area (Å²) in [7, 11) is 1.70. The summed E-state index contributed by atoms with van der Waals surface area (Å²) >= 11 is 6.16. The van der Waals surface area contributed by atoms with Gasteiger partial charge in [-0.25, -0.2) is 4.98 Å². The molecule has 1 heterocycles. The van der Waals surface area contributed by atoms with Crippen LogP contribution in [-0.4, -0.2) is 36.2 Å². The Labute approximate surface area is 190 Å². The third-order valence-corrected chi connectivity index (χ3v) is 5.25. The first-order valence-corrected chi connectivity index (χ1v) is 10.1. The zero-order chi connectivity index (χ0) is 19.4. The third-order valence-electron chi connectivity index (χ3n) is 5.02. The van der Waals surface area contributed by atoms with E-state index >= 15 is 0 Å². The number of nitrogens with zero attached hydrogens (tertiary/aromatic N) is 2. The third kappa shape index (κ3) is 5.79. The fourth-order valence-corrected chi connectivity index (χ4v) is 3.77. The lowest BCUT2D eigenvalue weighted by atomic mass is 10.1. The van der Waals surface area contributed by atoms with Gasteiger partial charge >= 0.3 is 0 Å². The van der Waals surface area contributed by atoms with E-state index in [4.69, 9.17) is 21.3 Å². The van der Waals surface area contributed by atoms with E-state index in [0.29, 0.717) is 0 Å². The molecule has 0 saturated heterocycles. The van der Waals surface area contributed by atoms with Gasteiger partial charge in [0.2, 0.25) is 0 Å². The van der Waals surface area contributed by atoms with Gasteiger partial charge in [-0.2, -0.15) is 0 Å². The second-order valence-corrected chi connectivity index (χ2v) is 7.18. The fraction of sp³-hybridized carbons (Fsp3) is 0.409. The molecule has 7 heteroatoms. The number of benzene rings is 2. The van der Waals surface area contributed by atoms with Crippen LogP contribution in [0.4, 0.5) is 5.69 Å². The van der Waals surface area contributed by atoms with E-state index in [2.05, 4.69) is 37.1 Å². The van der Waals surface area contributed by atoms with Gasteiger partial charge in [0.25, 0.3) is 0 Å². The maximum Gasteiger partial charge on any atom is 0.121 e. The van der Waals surface area contributed by atoms with Crippen molar-refractivity contribution in [1.29, 1.82) is 0 Å². The van der Waals surface area contributed by atoms with E-state index in [1.165, 1.54) is 0 Å². The molecule has 0 aliphatic carbocycles. The maximum absolute atomic E-state index is 6.16. The lowest BCUT2D eigenvalue weighted by Crippen LogP contribution is -2.40. The molecule has 3 aromatic rings. The summed E-state index contributed by atoms with van der Waals surface area (Å²) in [4.78, 5) is 7.36. The summed E-state index contributed by atoms with van der Waals surface area (Å²) in [5.74, 6) is 0.822. The number of hydrogen-bond donors (Lipinski definition) is 1. The van der Waals surface area contributed by atoms with Crippen LogP contribution in [0.3, 0.4) is 0 Å². The molecule has 1 atom stereocenters. The summed E-state index contributed by atoms with van der Waals surface area (Å²) in [5, 5.41) is 6.52. The second kappa shape index (κ2) is 11.7. The van der Waals surface area contributed by atoms with Gasteiger partial charge < -0.3 is 10.1 Å². The summed E-state index contributed by atoms with van der Waals surface area (Å²) in [6.07, 6.45) is 2.46. The first-order valence-electron chi connectivity index (χ1n) is 9.68. The molecule has 29 heavy (non-hydrogen) atoms. The molecule has 3 rings (SSSR count). The molecule has 0 amide bonds. The van der Waals surface area contributed by atoms with E-state index in [0.717, 1.165) is 64.2 Å². The lowest BCUT2D eigenvalue weighted by Gasteiger charge is -2.31. The van der Waals surface area contributed by atoms with Gasteiger partial charge in [0, 0.05) is 21.9 Å². The minimum Gasteiger partial charge on any atom is -0.497 e. The molecule has 0 radical (unpaired) electrons. The van der Waals surface area contributed by atoms with E-state index in [1.807, 2.05) is 30.3 Å². The maximum atomic E-state index is 6.16. The van der Waals surface area contributed by atoms with Crippen LogP contribution in [-0.2, 0) is 0 Å². The van der Waals surface area contributed by atoms with Crippen molar-refractivity contribution in [3.63, 3.8) is 0 Å². The number of anilines is 1. The zero-order valence-electron chi connectivity index (χ0n) is 17.4. The van der Waals surface area contributed by atoms with Crippen LogP contribution in [0.15, 0.2) is 36.4 Å². The Hall–Kier alpha value is -1.46. The molecular weight excluding hydrogens is 429 g/mol. The summed E-state index contributed by atoms with van der Waals surface area (Å²) in [5.41, 5.74) is 2.90. The SMILES string of the molecule is CCCC(Nc1cc(OC)cc2cc3cc(Cl)ccc3nc12)N(CC)CC.Cl.Cl. The van der Waals surface area contributed by atoms with Gasteiger partial charge in [0.15, 0.2) is 0 Å². The molecule has 160 valence electrons. The van der Waals surface area contributed by atoms with Crippen molar-refractivity contribution in [2.75, 3.05) is 25.5 Å². The molecular formula is C22H30Cl3N3O. The number of rotatable bonds is 8. The van der Waals surface area contributed by atoms with Crippen LogP contribution < -0.4 is 10.1 Å². The van der Waals surface area contributed by atoms with Crippen LogP contribution in [0.5, 0.6) is 5.75 Å². The molecule has 1 aromatic heterocycles. The Morgan fingerprint density at radius 1 is 1.03 bits per heavy atom. The van der Waals surface area contributed by atoms with Crippen LogP contribution >= 0.6 is 36.4 Å². The Morgan fingerprint density at radius 2 is 1.76 bits per heavy atom. The molecule has 0 spiro atoms. The molecule has 0 aliphatic rings. The largest absolute Gasteiger partial charge is 0.497 e. The van der Waals surface area contributed by atoms with Crippen LogP contribution in [0.1, 0.15) is 33.6 Å². The standard InChI is InChI=1S/C22H28ClN3O.2ClH/c1-5-8-21(26(6-2)7-3)24-20-14-18(27-4)13-16-11-15-12-17(23)9-10-19(15)25-22(16)20;;/h9-14,21,24H,5-8H2,1-4H3;2*1H. The van der Waals surface area contributed by atoms with Crippen LogP contribution in [0, 0.1) is 0 Å². The molecule has 1 N–H and O–H groups in total. The van der Waals surface area contributed by atoms with Crippen molar-refractivity contribution in [1.82, 2.24) is 9.88 Å². The Bertz CT molecular complexity index is 932. The average molecular weight is 459 g/mol. The van der Waals surface area contributed by atoms with Crippen molar-refractivity contribution < 1.29 is 4.74 Å². The lowest BCUT2D eigenvalue weighted by molar-refractivity contribution is 0.227. The summed E-state index contributed by atoms with van der Waals surface area (Å²) < 4.78 is 5.55. The quantitative estimate of drug-likeness (QED) is 0.298. The molecule has 0 saturated carbocycles. The highest BCUT2D eigenvalue weighted by molar-refractivity contribution is 6.31. The topological polar surface area (TPSA) is 37.4 Å². The normalized spacial score (nSPS) is 11.8. The number of pyridine rings is 1. The number of halogens is 3.